The summed E-state index contributed by atoms with van der Waals surface area (Å²) in [6.07, 6.45) is 3.12. The molecule has 0 radical (unpaired) electrons. The number of nitrogens with one attached hydrogen (secondary N) is 1. The lowest BCUT2D eigenvalue weighted by atomic mass is 10.1. The van der Waals surface area contributed by atoms with Gasteiger partial charge in [0.2, 0.25) is 5.95 Å². The molecule has 4 heteroatoms. The molecule has 1 heterocycles. The number of anilines is 1. The van der Waals surface area contributed by atoms with Crippen LogP contribution in [0.4, 0.5) is 5.95 Å². The number of nitrogens with zero attached hydrogens (tertiary/aromatic N) is 2. The van der Waals surface area contributed by atoms with Crippen molar-refractivity contribution in [3.8, 4) is 0 Å². The molecule has 1 atom stereocenters. The zero-order valence-electron chi connectivity index (χ0n) is 12.4. The number of aromatic nitrogens is 2. The maximum absolute atomic E-state index is 5.37. The molecule has 1 N–H and O–H groups in total. The molecule has 0 aromatic carbocycles. The number of aryl methyl sites for hydroxylation is 2. The van der Waals surface area contributed by atoms with Crippen LogP contribution in [0.15, 0.2) is 6.20 Å². The van der Waals surface area contributed by atoms with Crippen molar-refractivity contribution < 1.29 is 4.74 Å². The first-order valence-corrected chi connectivity index (χ1v) is 6.92. The Balaban J connectivity index is 2.56. The lowest BCUT2D eigenvalue weighted by Crippen LogP contribution is -2.23. The van der Waals surface area contributed by atoms with Gasteiger partial charge in [0.1, 0.15) is 0 Å². The van der Waals surface area contributed by atoms with Gasteiger partial charge in [0.15, 0.2) is 0 Å². The van der Waals surface area contributed by atoms with Gasteiger partial charge in [-0.1, -0.05) is 13.8 Å². The number of ether oxygens (including phenoxy) is 1. The Morgan fingerprint density at radius 3 is 2.72 bits per heavy atom. The molecule has 4 nitrogen and oxygen atoms in total. The van der Waals surface area contributed by atoms with E-state index < -0.39 is 0 Å². The SMILES string of the molecule is CCOCCCn1cc(C)nc1NC(C)C(C)C. The molecule has 0 aliphatic heterocycles. The Morgan fingerprint density at radius 1 is 1.39 bits per heavy atom. The standard InChI is InChI=1S/C14H27N3O/c1-6-18-9-7-8-17-10-12(4)15-14(17)16-13(5)11(2)3/h10-11,13H,6-9H2,1-5H3,(H,15,16). The van der Waals surface area contributed by atoms with Crippen LogP contribution in [0.2, 0.25) is 0 Å². The van der Waals surface area contributed by atoms with Gasteiger partial charge in [0.25, 0.3) is 0 Å². The minimum Gasteiger partial charge on any atom is -0.382 e. The lowest BCUT2D eigenvalue weighted by molar-refractivity contribution is 0.142. The van der Waals surface area contributed by atoms with E-state index in [1.807, 2.05) is 13.8 Å². The Labute approximate surface area is 111 Å². The fourth-order valence-corrected chi connectivity index (χ4v) is 1.68. The van der Waals surface area contributed by atoms with E-state index in [0.29, 0.717) is 12.0 Å². The quantitative estimate of drug-likeness (QED) is 0.724. The fourth-order valence-electron chi connectivity index (χ4n) is 1.68. The van der Waals surface area contributed by atoms with Gasteiger partial charge >= 0.3 is 0 Å². The molecule has 0 bridgehead atoms. The van der Waals surface area contributed by atoms with Crippen LogP contribution in [0, 0.1) is 12.8 Å². The van der Waals surface area contributed by atoms with Crippen molar-refractivity contribution in [1.29, 1.82) is 0 Å². The van der Waals surface area contributed by atoms with Crippen LogP contribution in [0.1, 0.15) is 39.8 Å². The second-order valence-electron chi connectivity index (χ2n) is 5.13. The van der Waals surface area contributed by atoms with E-state index in [1.165, 1.54) is 0 Å². The topological polar surface area (TPSA) is 39.1 Å². The normalized spacial score (nSPS) is 13.0. The van der Waals surface area contributed by atoms with Gasteiger partial charge in [-0.05, 0) is 33.1 Å². The molecule has 1 aromatic heterocycles. The number of imidazole rings is 1. The molecule has 0 fully saturated rings. The lowest BCUT2D eigenvalue weighted by Gasteiger charge is -2.19. The maximum atomic E-state index is 5.37. The molecule has 104 valence electrons. The predicted octanol–water partition coefficient (Wildman–Crippen LogP) is 3.07. The van der Waals surface area contributed by atoms with Gasteiger partial charge in [-0.2, -0.15) is 0 Å². The first kappa shape index (κ1) is 15.0. The van der Waals surface area contributed by atoms with E-state index >= 15 is 0 Å². The molecule has 1 rings (SSSR count). The van der Waals surface area contributed by atoms with Crippen molar-refractivity contribution in [2.45, 2.75) is 53.6 Å². The van der Waals surface area contributed by atoms with Gasteiger partial charge in [-0.25, -0.2) is 4.98 Å². The van der Waals surface area contributed by atoms with Gasteiger partial charge in [-0.3, -0.25) is 0 Å². The summed E-state index contributed by atoms with van der Waals surface area (Å²) in [7, 11) is 0. The molecule has 0 saturated heterocycles. The van der Waals surface area contributed by atoms with Gasteiger partial charge in [-0.15, -0.1) is 0 Å². The Bertz CT molecular complexity index is 347. The van der Waals surface area contributed by atoms with Crippen molar-refractivity contribution in [3.63, 3.8) is 0 Å². The summed E-state index contributed by atoms with van der Waals surface area (Å²) in [5.74, 6) is 1.57. The van der Waals surface area contributed by atoms with Crippen molar-refractivity contribution in [2.24, 2.45) is 5.92 Å². The molecule has 0 aliphatic rings. The van der Waals surface area contributed by atoms with Crippen LogP contribution in [0.25, 0.3) is 0 Å². The van der Waals surface area contributed by atoms with Crippen molar-refractivity contribution in [1.82, 2.24) is 9.55 Å². The summed E-state index contributed by atoms with van der Waals surface area (Å²) in [6, 6.07) is 0.428. The predicted molar refractivity (Wildman–Crippen MR) is 76.0 cm³/mol. The first-order valence-electron chi connectivity index (χ1n) is 6.92. The largest absolute Gasteiger partial charge is 0.382 e. The summed E-state index contributed by atoms with van der Waals surface area (Å²) in [6.45, 7) is 13.2. The first-order chi connectivity index (χ1) is 8.54. The zero-order valence-corrected chi connectivity index (χ0v) is 12.4. The van der Waals surface area contributed by atoms with Crippen LogP contribution in [0.5, 0.6) is 0 Å². The van der Waals surface area contributed by atoms with Gasteiger partial charge in [0.05, 0.1) is 5.69 Å². The van der Waals surface area contributed by atoms with Crippen LogP contribution in [0.3, 0.4) is 0 Å². The Hall–Kier alpha value is -1.03. The van der Waals surface area contributed by atoms with Gasteiger partial charge in [0, 0.05) is 32.0 Å². The summed E-state index contributed by atoms with van der Waals surface area (Å²) in [4.78, 5) is 4.54. The highest BCUT2D eigenvalue weighted by molar-refractivity contribution is 5.30. The molecule has 0 saturated carbocycles. The second-order valence-corrected chi connectivity index (χ2v) is 5.13. The number of hydrogen-bond donors (Lipinski definition) is 1. The monoisotopic (exact) mass is 253 g/mol. The van der Waals surface area contributed by atoms with Crippen LogP contribution < -0.4 is 5.32 Å². The second kappa shape index (κ2) is 7.41. The number of hydrogen-bond acceptors (Lipinski definition) is 3. The average molecular weight is 253 g/mol. The third kappa shape index (κ3) is 4.69. The minimum atomic E-state index is 0.428. The molecular weight excluding hydrogens is 226 g/mol. The smallest absolute Gasteiger partial charge is 0.203 e. The molecular formula is C14H27N3O. The van der Waals surface area contributed by atoms with Crippen LogP contribution in [-0.2, 0) is 11.3 Å². The summed E-state index contributed by atoms with van der Waals surface area (Å²) >= 11 is 0. The van der Waals surface area contributed by atoms with E-state index in [1.54, 1.807) is 0 Å². The zero-order chi connectivity index (χ0) is 13.5. The fraction of sp³-hybridized carbons (Fsp3) is 0.786. The molecule has 1 aromatic rings. The van der Waals surface area contributed by atoms with Crippen molar-refractivity contribution >= 4 is 5.95 Å². The van der Waals surface area contributed by atoms with Crippen molar-refractivity contribution in [2.75, 3.05) is 18.5 Å². The summed E-state index contributed by atoms with van der Waals surface area (Å²) in [5.41, 5.74) is 1.06. The van der Waals surface area contributed by atoms with E-state index in [0.717, 1.165) is 37.8 Å². The van der Waals surface area contributed by atoms with Crippen molar-refractivity contribution in [3.05, 3.63) is 11.9 Å². The van der Waals surface area contributed by atoms with E-state index in [-0.39, 0.29) is 0 Å². The van der Waals surface area contributed by atoms with Crippen LogP contribution in [-0.4, -0.2) is 28.8 Å². The highest BCUT2D eigenvalue weighted by Crippen LogP contribution is 2.13. The highest BCUT2D eigenvalue weighted by atomic mass is 16.5. The summed E-state index contributed by atoms with van der Waals surface area (Å²) in [5, 5.41) is 3.48. The van der Waals surface area contributed by atoms with E-state index in [9.17, 15) is 0 Å². The third-order valence-corrected chi connectivity index (χ3v) is 3.15. The molecule has 0 aliphatic carbocycles. The average Bonchev–Trinajstić information content (AvgIpc) is 2.65. The Kier molecular flexibility index (Phi) is 6.19. The molecule has 0 amide bonds. The highest BCUT2D eigenvalue weighted by Gasteiger charge is 2.11. The molecule has 1 unspecified atom stereocenters. The Morgan fingerprint density at radius 2 is 2.11 bits per heavy atom. The van der Waals surface area contributed by atoms with E-state index in [2.05, 4.69) is 41.8 Å². The van der Waals surface area contributed by atoms with Gasteiger partial charge < -0.3 is 14.6 Å². The van der Waals surface area contributed by atoms with E-state index in [4.69, 9.17) is 4.74 Å². The minimum absolute atomic E-state index is 0.428. The summed E-state index contributed by atoms with van der Waals surface area (Å²) < 4.78 is 7.55. The number of rotatable bonds is 8. The molecule has 18 heavy (non-hydrogen) atoms. The third-order valence-electron chi connectivity index (χ3n) is 3.15. The molecule has 0 spiro atoms. The maximum Gasteiger partial charge on any atom is 0.203 e. The van der Waals surface area contributed by atoms with Crippen LogP contribution >= 0.6 is 0 Å².